The molecule has 1 amide bonds. The molecule has 190 valence electrons. The number of carbonyl (C=O) groups is 2. The van der Waals surface area contributed by atoms with Crippen LogP contribution in [0.1, 0.15) is 0 Å². The third-order valence-corrected chi connectivity index (χ3v) is 7.10. The second-order valence-corrected chi connectivity index (χ2v) is 9.61. The van der Waals surface area contributed by atoms with Crippen LogP contribution in [0.15, 0.2) is 54.6 Å². The molecule has 2 aromatic heterocycles. The molecular formula is C25H20ClFN4O5S. The Morgan fingerprint density at radius 3 is 2.41 bits per heavy atom. The summed E-state index contributed by atoms with van der Waals surface area (Å²) in [4.78, 5) is 37.5. The molecule has 0 saturated carbocycles. The number of amides is 1. The van der Waals surface area contributed by atoms with Gasteiger partial charge in [0.05, 0.1) is 5.39 Å². The molecule has 2 aromatic carbocycles. The summed E-state index contributed by atoms with van der Waals surface area (Å²) in [7, 11) is 0. The van der Waals surface area contributed by atoms with Crippen molar-refractivity contribution in [3.8, 4) is 22.2 Å². The lowest BCUT2D eigenvalue weighted by Crippen LogP contribution is -2.50. The van der Waals surface area contributed by atoms with Gasteiger partial charge in [0, 0.05) is 36.1 Å². The van der Waals surface area contributed by atoms with E-state index in [9.17, 15) is 14.0 Å². The zero-order valence-corrected chi connectivity index (χ0v) is 20.8. The number of halogens is 2. The van der Waals surface area contributed by atoms with Crippen LogP contribution in [-0.4, -0.2) is 64.8 Å². The second kappa shape index (κ2) is 10.6. The molecule has 1 fully saturated rings. The van der Waals surface area contributed by atoms with Gasteiger partial charge in [-0.05, 0) is 48.0 Å². The number of thiophene rings is 1. The van der Waals surface area contributed by atoms with Gasteiger partial charge in [0.2, 0.25) is 0 Å². The molecule has 1 aliphatic heterocycles. The Morgan fingerprint density at radius 1 is 1.03 bits per heavy atom. The molecule has 9 nitrogen and oxygen atoms in total. The van der Waals surface area contributed by atoms with E-state index < -0.39 is 6.16 Å². The molecule has 5 rings (SSSR count). The number of carbonyl (C=O) groups excluding carboxylic acids is 1. The summed E-state index contributed by atoms with van der Waals surface area (Å²) in [6, 6.07) is 14.5. The van der Waals surface area contributed by atoms with Gasteiger partial charge in [0.25, 0.3) is 5.91 Å². The molecular weight excluding hydrogens is 523 g/mol. The first-order valence-electron chi connectivity index (χ1n) is 11.2. The first-order valence-corrected chi connectivity index (χ1v) is 12.4. The van der Waals surface area contributed by atoms with Crippen molar-refractivity contribution in [3.63, 3.8) is 0 Å². The largest absolute Gasteiger partial charge is 0.513 e. The number of rotatable bonds is 6. The summed E-state index contributed by atoms with van der Waals surface area (Å²) >= 11 is 7.20. The molecule has 0 bridgehead atoms. The summed E-state index contributed by atoms with van der Waals surface area (Å²) in [5.41, 5.74) is 0.798. The van der Waals surface area contributed by atoms with Crippen molar-refractivity contribution in [2.45, 2.75) is 0 Å². The van der Waals surface area contributed by atoms with Crippen LogP contribution in [0.3, 0.4) is 0 Å². The van der Waals surface area contributed by atoms with E-state index in [1.807, 2.05) is 11.0 Å². The van der Waals surface area contributed by atoms with Gasteiger partial charge < -0.3 is 24.4 Å². The minimum atomic E-state index is -1.52. The predicted molar refractivity (Wildman–Crippen MR) is 137 cm³/mol. The van der Waals surface area contributed by atoms with Gasteiger partial charge in [-0.15, -0.1) is 11.3 Å². The van der Waals surface area contributed by atoms with Crippen LogP contribution < -0.4 is 14.4 Å². The minimum Gasteiger partial charge on any atom is -0.484 e. The number of fused-ring (bicyclic) bond motifs is 1. The highest BCUT2D eigenvalue weighted by Crippen LogP contribution is 2.38. The maximum absolute atomic E-state index is 13.4. The van der Waals surface area contributed by atoms with Gasteiger partial charge in [-0.1, -0.05) is 23.7 Å². The Hall–Kier alpha value is -3.96. The highest BCUT2D eigenvalue weighted by Gasteiger charge is 2.25. The van der Waals surface area contributed by atoms with E-state index in [1.54, 1.807) is 41.3 Å². The molecule has 4 aromatic rings. The molecule has 0 radical (unpaired) electrons. The molecule has 0 atom stereocenters. The molecule has 1 N–H and O–H groups in total. The summed E-state index contributed by atoms with van der Waals surface area (Å²) < 4.78 is 23.7. The summed E-state index contributed by atoms with van der Waals surface area (Å²) in [6.07, 6.45) is -1.52. The van der Waals surface area contributed by atoms with Crippen LogP contribution >= 0.6 is 22.9 Å². The lowest BCUT2D eigenvalue weighted by Gasteiger charge is -2.35. The highest BCUT2D eigenvalue weighted by molar-refractivity contribution is 7.21. The average molecular weight is 543 g/mol. The SMILES string of the molecule is O=C(O)Oc1nc(N2CCN(C(=O)COc3ccc(Cl)cc3)CC2)c2cc(-c3ccc(F)cc3)sc2n1. The number of piperazine rings is 1. The molecule has 0 aliphatic carbocycles. The quantitative estimate of drug-likeness (QED) is 0.342. The second-order valence-electron chi connectivity index (χ2n) is 8.14. The molecule has 3 heterocycles. The minimum absolute atomic E-state index is 0.0957. The van der Waals surface area contributed by atoms with E-state index >= 15 is 0 Å². The first-order chi connectivity index (χ1) is 17.9. The maximum atomic E-state index is 13.4. The van der Waals surface area contributed by atoms with Gasteiger partial charge in [0.15, 0.2) is 6.61 Å². The molecule has 37 heavy (non-hydrogen) atoms. The third-order valence-electron chi connectivity index (χ3n) is 5.77. The maximum Gasteiger partial charge on any atom is 0.513 e. The van der Waals surface area contributed by atoms with Gasteiger partial charge in [-0.2, -0.15) is 9.97 Å². The molecule has 1 aliphatic rings. The van der Waals surface area contributed by atoms with Crippen LogP contribution in [0, 0.1) is 5.82 Å². The monoisotopic (exact) mass is 542 g/mol. The molecule has 1 saturated heterocycles. The first kappa shape index (κ1) is 24.7. The topological polar surface area (TPSA) is 105 Å². The Labute approximate surface area is 219 Å². The van der Waals surface area contributed by atoms with Gasteiger partial charge in [-0.3, -0.25) is 4.79 Å². The van der Waals surface area contributed by atoms with Crippen molar-refractivity contribution < 1.29 is 28.6 Å². The van der Waals surface area contributed by atoms with Crippen LogP contribution in [0.5, 0.6) is 11.8 Å². The Kier molecular flexibility index (Phi) is 7.06. The van der Waals surface area contributed by atoms with Gasteiger partial charge >= 0.3 is 12.2 Å². The number of ether oxygens (including phenoxy) is 2. The van der Waals surface area contributed by atoms with E-state index in [0.717, 1.165) is 10.4 Å². The highest BCUT2D eigenvalue weighted by atomic mass is 35.5. The Morgan fingerprint density at radius 2 is 1.73 bits per heavy atom. The van der Waals surface area contributed by atoms with Crippen molar-refractivity contribution in [1.29, 1.82) is 0 Å². The zero-order valence-electron chi connectivity index (χ0n) is 19.3. The van der Waals surface area contributed by atoms with Crippen LogP contribution in [-0.2, 0) is 4.79 Å². The zero-order chi connectivity index (χ0) is 25.9. The Bertz CT molecular complexity index is 1440. The number of carboxylic acid groups (broad SMARTS) is 1. The number of hydrogen-bond acceptors (Lipinski definition) is 8. The van der Waals surface area contributed by atoms with Crippen molar-refractivity contribution in [2.75, 3.05) is 37.7 Å². The summed E-state index contributed by atoms with van der Waals surface area (Å²) in [6.45, 7) is 1.69. The van der Waals surface area contributed by atoms with E-state index in [4.69, 9.17) is 26.2 Å². The van der Waals surface area contributed by atoms with Crippen molar-refractivity contribution in [3.05, 3.63) is 65.4 Å². The number of nitrogens with zero attached hydrogens (tertiary/aromatic N) is 4. The number of hydrogen-bond donors (Lipinski definition) is 1. The van der Waals surface area contributed by atoms with Gasteiger partial charge in [-0.25, -0.2) is 9.18 Å². The van der Waals surface area contributed by atoms with E-state index in [2.05, 4.69) is 9.97 Å². The van der Waals surface area contributed by atoms with Crippen molar-refractivity contribution >= 4 is 51.0 Å². The number of aromatic nitrogens is 2. The normalized spacial score (nSPS) is 13.6. The average Bonchev–Trinajstić information content (AvgIpc) is 3.32. The molecule has 0 unspecified atom stereocenters. The van der Waals surface area contributed by atoms with Crippen LogP contribution in [0.25, 0.3) is 20.7 Å². The van der Waals surface area contributed by atoms with Gasteiger partial charge in [0.1, 0.15) is 22.2 Å². The lowest BCUT2D eigenvalue weighted by atomic mass is 10.1. The van der Waals surface area contributed by atoms with Crippen LogP contribution in [0.4, 0.5) is 15.0 Å². The van der Waals surface area contributed by atoms with Crippen LogP contribution in [0.2, 0.25) is 5.02 Å². The fourth-order valence-electron chi connectivity index (χ4n) is 3.94. The van der Waals surface area contributed by atoms with E-state index in [-0.39, 0.29) is 24.3 Å². The summed E-state index contributed by atoms with van der Waals surface area (Å²) in [5.74, 6) is 0.579. The summed E-state index contributed by atoms with van der Waals surface area (Å²) in [5, 5.41) is 10.4. The Balaban J connectivity index is 1.33. The lowest BCUT2D eigenvalue weighted by molar-refractivity contribution is -0.133. The third kappa shape index (κ3) is 5.73. The predicted octanol–water partition coefficient (Wildman–Crippen LogP) is 4.94. The standard InChI is InChI=1S/C25H20ClFN4O5S/c26-16-3-7-18(8-4-16)35-14-21(32)30-9-11-31(12-10-30)22-19-13-20(15-1-5-17(27)6-2-15)37-23(19)29-24(28-22)36-25(33)34/h1-8,13H,9-12,14H2,(H,33,34). The number of anilines is 1. The number of benzene rings is 2. The fraction of sp³-hybridized carbons (Fsp3) is 0.200. The molecule has 12 heteroatoms. The van der Waals surface area contributed by atoms with E-state index in [1.165, 1.54) is 23.5 Å². The van der Waals surface area contributed by atoms with Crippen molar-refractivity contribution in [1.82, 2.24) is 14.9 Å². The van der Waals surface area contributed by atoms with Crippen molar-refractivity contribution in [2.24, 2.45) is 0 Å². The molecule has 0 spiro atoms. The fourth-order valence-corrected chi connectivity index (χ4v) is 5.09. The van der Waals surface area contributed by atoms with E-state index in [0.29, 0.717) is 53.0 Å². The smallest absolute Gasteiger partial charge is 0.484 e.